The molecule has 0 radical (unpaired) electrons. The topological polar surface area (TPSA) is 63.2 Å². The Morgan fingerprint density at radius 3 is 1.52 bits per heavy atom. The number of rotatable bonds is 12. The zero-order chi connectivity index (χ0) is 21.8. The number of esters is 1. The summed E-state index contributed by atoms with van der Waals surface area (Å²) in [5.74, 6) is 1.29. The number of benzene rings is 3. The highest BCUT2D eigenvalue weighted by atomic mass is 28.4. The number of ether oxygens (including phenoxy) is 2. The third-order valence-corrected chi connectivity index (χ3v) is 6.16. The lowest BCUT2D eigenvalue weighted by molar-refractivity contribution is -0.139. The van der Waals surface area contributed by atoms with Gasteiger partial charge in [0.05, 0.1) is 6.61 Å². The first kappa shape index (κ1) is 22.1. The van der Waals surface area contributed by atoms with Crippen molar-refractivity contribution in [3.05, 3.63) is 104 Å². The smallest absolute Gasteiger partial charge is 0.482 e. The van der Waals surface area contributed by atoms with Crippen LogP contribution in [0.1, 0.15) is 0 Å². The van der Waals surface area contributed by atoms with Gasteiger partial charge in [-0.3, -0.25) is 0 Å². The molecule has 0 atom stereocenters. The van der Waals surface area contributed by atoms with Crippen molar-refractivity contribution in [2.24, 2.45) is 0 Å². The van der Waals surface area contributed by atoms with E-state index in [0.717, 1.165) is 6.08 Å². The Labute approximate surface area is 183 Å². The van der Waals surface area contributed by atoms with Crippen LogP contribution in [0.15, 0.2) is 104 Å². The number of carbonyl (C=O) groups is 1. The highest BCUT2D eigenvalue weighted by Gasteiger charge is 2.50. The molecule has 0 saturated carbocycles. The van der Waals surface area contributed by atoms with Gasteiger partial charge in [0.1, 0.15) is 23.9 Å². The Kier molecular flexibility index (Phi) is 8.27. The molecule has 0 aromatic heterocycles. The Balaban J connectivity index is 1.83. The second-order valence-electron chi connectivity index (χ2n) is 6.35. The molecule has 3 aromatic carbocycles. The molecule has 7 heteroatoms. The van der Waals surface area contributed by atoms with Crippen molar-refractivity contribution < 1.29 is 27.5 Å². The number of hydrogen-bond donors (Lipinski definition) is 0. The predicted octanol–water partition coefficient (Wildman–Crippen LogP) is 4.45. The van der Waals surface area contributed by atoms with Crippen molar-refractivity contribution in [1.82, 2.24) is 0 Å². The molecule has 0 bridgehead atoms. The highest BCUT2D eigenvalue weighted by Crippen LogP contribution is 2.24. The van der Waals surface area contributed by atoms with Gasteiger partial charge >= 0.3 is 14.8 Å². The van der Waals surface area contributed by atoms with Gasteiger partial charge in [0.15, 0.2) is 6.23 Å². The van der Waals surface area contributed by atoms with Crippen LogP contribution in [0, 0.1) is 0 Å². The lowest BCUT2D eigenvalue weighted by atomic mass is 10.3. The first-order valence-electron chi connectivity index (χ1n) is 9.78. The fourth-order valence-electron chi connectivity index (χ4n) is 2.61. The van der Waals surface area contributed by atoms with Gasteiger partial charge in [-0.15, -0.1) is 0 Å². The zero-order valence-corrected chi connectivity index (χ0v) is 18.0. The van der Waals surface area contributed by atoms with E-state index >= 15 is 0 Å². The molecule has 0 aliphatic heterocycles. The monoisotopic (exact) mass is 436 g/mol. The number of carbonyl (C=O) groups excluding carboxylic acids is 1. The van der Waals surface area contributed by atoms with Gasteiger partial charge < -0.3 is 22.8 Å². The van der Waals surface area contributed by atoms with E-state index in [0.29, 0.717) is 17.2 Å². The van der Waals surface area contributed by atoms with Gasteiger partial charge in [-0.25, -0.2) is 4.79 Å². The molecule has 0 spiro atoms. The van der Waals surface area contributed by atoms with Gasteiger partial charge in [0, 0.05) is 6.08 Å². The lowest BCUT2D eigenvalue weighted by Gasteiger charge is -2.30. The van der Waals surface area contributed by atoms with Crippen molar-refractivity contribution >= 4 is 14.8 Å². The normalized spacial score (nSPS) is 10.7. The first-order chi connectivity index (χ1) is 15.2. The second-order valence-corrected chi connectivity index (χ2v) is 8.62. The molecule has 160 valence electrons. The standard InChI is InChI=1S/C24H24O6Si/c1-2-24(25)27-19-18-26-20-31(28-21-12-6-3-7-13-21,29-22-14-8-4-9-15-22)30-23-16-10-5-11-17-23/h2-17H,1,18-20H2. The minimum absolute atomic E-state index is 0.0390. The van der Waals surface area contributed by atoms with E-state index in [-0.39, 0.29) is 19.4 Å². The van der Waals surface area contributed by atoms with Gasteiger partial charge in [-0.1, -0.05) is 61.2 Å². The number of hydrogen-bond acceptors (Lipinski definition) is 6. The van der Waals surface area contributed by atoms with Crippen molar-refractivity contribution in [2.45, 2.75) is 0 Å². The Morgan fingerprint density at radius 1 is 0.710 bits per heavy atom. The van der Waals surface area contributed by atoms with Gasteiger partial charge in [-0.05, 0) is 36.4 Å². The molecular formula is C24H24O6Si. The van der Waals surface area contributed by atoms with E-state index in [1.165, 1.54) is 0 Å². The molecule has 31 heavy (non-hydrogen) atoms. The summed E-state index contributed by atoms with van der Waals surface area (Å²) in [5.41, 5.74) is 0. The summed E-state index contributed by atoms with van der Waals surface area (Å²) in [6.07, 6.45) is 1.14. The minimum Gasteiger partial charge on any atom is -0.482 e. The van der Waals surface area contributed by atoms with Gasteiger partial charge in [-0.2, -0.15) is 0 Å². The molecule has 0 amide bonds. The summed E-state index contributed by atoms with van der Waals surface area (Å²) in [4.78, 5) is 11.2. The van der Waals surface area contributed by atoms with E-state index in [1.807, 2.05) is 91.0 Å². The third-order valence-electron chi connectivity index (χ3n) is 3.97. The minimum atomic E-state index is -3.49. The van der Waals surface area contributed by atoms with Crippen LogP contribution < -0.4 is 13.3 Å². The van der Waals surface area contributed by atoms with Crippen LogP contribution >= 0.6 is 0 Å². The predicted molar refractivity (Wildman–Crippen MR) is 119 cm³/mol. The average molecular weight is 437 g/mol. The molecule has 0 aliphatic carbocycles. The molecule has 6 nitrogen and oxygen atoms in total. The Hall–Kier alpha value is -3.55. The second kappa shape index (κ2) is 11.6. The Bertz CT molecular complexity index is 833. The molecule has 0 unspecified atom stereocenters. The van der Waals surface area contributed by atoms with Crippen LogP contribution in [-0.2, 0) is 14.3 Å². The Morgan fingerprint density at radius 2 is 1.13 bits per heavy atom. The molecule has 0 fully saturated rings. The summed E-state index contributed by atoms with van der Waals surface area (Å²) in [6, 6.07) is 27.9. The van der Waals surface area contributed by atoms with Crippen molar-refractivity contribution in [3.8, 4) is 17.2 Å². The van der Waals surface area contributed by atoms with Crippen LogP contribution in [-0.4, -0.2) is 34.2 Å². The van der Waals surface area contributed by atoms with E-state index in [9.17, 15) is 4.79 Å². The summed E-state index contributed by atoms with van der Waals surface area (Å²) >= 11 is 0. The van der Waals surface area contributed by atoms with Crippen LogP contribution in [0.3, 0.4) is 0 Å². The summed E-state index contributed by atoms with van der Waals surface area (Å²) in [6.45, 7) is 3.61. The third kappa shape index (κ3) is 7.33. The van der Waals surface area contributed by atoms with E-state index in [2.05, 4.69) is 6.58 Å². The van der Waals surface area contributed by atoms with E-state index < -0.39 is 14.8 Å². The zero-order valence-electron chi connectivity index (χ0n) is 17.0. The molecule has 0 saturated heterocycles. The van der Waals surface area contributed by atoms with Crippen LogP contribution in [0.5, 0.6) is 17.2 Å². The maximum absolute atomic E-state index is 11.2. The quantitative estimate of drug-likeness (QED) is 0.181. The van der Waals surface area contributed by atoms with E-state index in [4.69, 9.17) is 22.8 Å². The first-order valence-corrected chi connectivity index (χ1v) is 11.7. The molecular weight excluding hydrogens is 412 g/mol. The van der Waals surface area contributed by atoms with Crippen molar-refractivity contribution in [3.63, 3.8) is 0 Å². The maximum Gasteiger partial charge on any atom is 0.726 e. The van der Waals surface area contributed by atoms with Crippen LogP contribution in [0.4, 0.5) is 0 Å². The van der Waals surface area contributed by atoms with E-state index in [1.54, 1.807) is 0 Å². The lowest BCUT2D eigenvalue weighted by Crippen LogP contribution is -2.59. The maximum atomic E-state index is 11.2. The van der Waals surface area contributed by atoms with Crippen LogP contribution in [0.25, 0.3) is 0 Å². The number of para-hydroxylation sites is 3. The average Bonchev–Trinajstić information content (AvgIpc) is 2.80. The molecule has 0 heterocycles. The molecule has 3 aromatic rings. The van der Waals surface area contributed by atoms with Crippen molar-refractivity contribution in [1.29, 1.82) is 0 Å². The fraction of sp³-hybridized carbons (Fsp3) is 0.125. The summed E-state index contributed by atoms with van der Waals surface area (Å²) in [7, 11) is -3.49. The van der Waals surface area contributed by atoms with Crippen molar-refractivity contribution in [2.75, 3.05) is 19.4 Å². The molecule has 0 N–H and O–H groups in total. The van der Waals surface area contributed by atoms with Crippen LogP contribution in [0.2, 0.25) is 0 Å². The van der Waals surface area contributed by atoms with Gasteiger partial charge in [0.2, 0.25) is 0 Å². The summed E-state index contributed by atoms with van der Waals surface area (Å²) < 4.78 is 29.7. The molecule has 0 aliphatic rings. The van der Waals surface area contributed by atoms with Gasteiger partial charge in [0.25, 0.3) is 0 Å². The fourth-order valence-corrected chi connectivity index (χ4v) is 4.79. The highest BCUT2D eigenvalue weighted by molar-refractivity contribution is 6.63. The summed E-state index contributed by atoms with van der Waals surface area (Å²) in [5, 5.41) is 0. The largest absolute Gasteiger partial charge is 0.726 e. The molecule has 3 rings (SSSR count). The SMILES string of the molecule is C=CC(=O)OCCOC[Si](Oc1ccccc1)(Oc1ccccc1)Oc1ccccc1.